The van der Waals surface area contributed by atoms with E-state index in [1.54, 1.807) is 24.3 Å². The Morgan fingerprint density at radius 3 is 2.69 bits per heavy atom. The van der Waals surface area contributed by atoms with Crippen LogP contribution in [0.3, 0.4) is 0 Å². The van der Waals surface area contributed by atoms with Crippen LogP contribution in [0.4, 0.5) is 0 Å². The number of benzene rings is 2. The summed E-state index contributed by atoms with van der Waals surface area (Å²) in [4.78, 5) is 30.0. The van der Waals surface area contributed by atoms with Crippen LogP contribution in [0.5, 0.6) is 5.75 Å². The lowest BCUT2D eigenvalue weighted by Crippen LogP contribution is -2.47. The molecule has 0 saturated carbocycles. The number of aromatic carboxylic acids is 1. The number of aromatic hydroxyl groups is 1. The number of fused-ring (bicyclic) bond motifs is 2. The SMILES string of the molecule is Cc1[nH]c2ccc(O)c(C[C+]3CCCN4CCCCC34)c2c1C(=O)OCc1ccc(C(=O)[O-])cc1. The van der Waals surface area contributed by atoms with Gasteiger partial charge in [-0.2, -0.15) is 0 Å². The molecule has 7 nitrogen and oxygen atoms in total. The van der Waals surface area contributed by atoms with Crippen LogP contribution in [0.2, 0.25) is 0 Å². The molecule has 35 heavy (non-hydrogen) atoms. The van der Waals surface area contributed by atoms with Gasteiger partial charge in [0.15, 0.2) is 6.04 Å². The van der Waals surface area contributed by atoms with E-state index in [1.165, 1.54) is 30.9 Å². The number of phenols is 1. The molecule has 3 aromatic rings. The van der Waals surface area contributed by atoms with Crippen LogP contribution >= 0.6 is 0 Å². The summed E-state index contributed by atoms with van der Waals surface area (Å²) in [6, 6.07) is 10.0. The van der Waals surface area contributed by atoms with E-state index in [4.69, 9.17) is 4.74 Å². The Morgan fingerprint density at radius 1 is 1.14 bits per heavy atom. The number of rotatable bonds is 6. The van der Waals surface area contributed by atoms with Crippen LogP contribution in [-0.4, -0.2) is 46.1 Å². The molecule has 7 heteroatoms. The Hall–Kier alpha value is -3.45. The molecular formula is C28H30N2O5. The van der Waals surface area contributed by atoms with Gasteiger partial charge in [-0.3, -0.25) is 4.90 Å². The minimum absolute atomic E-state index is 0.0147. The molecule has 1 aromatic heterocycles. The number of aromatic nitrogens is 1. The van der Waals surface area contributed by atoms with Gasteiger partial charge >= 0.3 is 5.97 Å². The zero-order valence-electron chi connectivity index (χ0n) is 19.9. The molecule has 5 rings (SSSR count). The van der Waals surface area contributed by atoms with E-state index in [0.717, 1.165) is 48.8 Å². The van der Waals surface area contributed by atoms with Gasteiger partial charge in [0.2, 0.25) is 0 Å². The largest absolute Gasteiger partial charge is 0.545 e. The summed E-state index contributed by atoms with van der Waals surface area (Å²) in [6.07, 6.45) is 6.44. The Balaban J connectivity index is 1.41. The van der Waals surface area contributed by atoms with Gasteiger partial charge in [-0.05, 0) is 43.0 Å². The average Bonchev–Trinajstić information content (AvgIpc) is 3.21. The number of carbonyl (C=O) groups is 2. The lowest BCUT2D eigenvalue weighted by Gasteiger charge is -2.37. The van der Waals surface area contributed by atoms with E-state index in [2.05, 4.69) is 9.88 Å². The van der Waals surface area contributed by atoms with Crippen LogP contribution in [0, 0.1) is 12.8 Å². The Labute approximate surface area is 204 Å². The van der Waals surface area contributed by atoms with E-state index in [-0.39, 0.29) is 17.9 Å². The number of phenolic OH excluding ortho intramolecular Hbond substituents is 1. The molecular weight excluding hydrogens is 444 g/mol. The molecule has 2 fully saturated rings. The molecule has 2 saturated heterocycles. The van der Waals surface area contributed by atoms with Gasteiger partial charge in [0.1, 0.15) is 24.7 Å². The van der Waals surface area contributed by atoms with E-state index in [9.17, 15) is 19.8 Å². The van der Waals surface area contributed by atoms with Gasteiger partial charge in [-0.1, -0.05) is 24.3 Å². The zero-order chi connectivity index (χ0) is 24.5. The summed E-state index contributed by atoms with van der Waals surface area (Å²) in [6.45, 7) is 4.12. The number of nitrogens with zero attached hydrogens (tertiary/aromatic N) is 1. The maximum Gasteiger partial charge on any atom is 0.340 e. The van der Waals surface area contributed by atoms with Crippen molar-refractivity contribution >= 4 is 22.8 Å². The highest BCUT2D eigenvalue weighted by Crippen LogP contribution is 2.39. The van der Waals surface area contributed by atoms with Crippen molar-refractivity contribution in [3.8, 4) is 5.75 Å². The third-order valence-electron chi connectivity index (χ3n) is 7.43. The van der Waals surface area contributed by atoms with Crippen molar-refractivity contribution in [2.24, 2.45) is 0 Å². The number of aryl methyl sites for hydroxylation is 1. The highest BCUT2D eigenvalue weighted by atomic mass is 16.5. The number of carbonyl (C=O) groups excluding carboxylic acids is 2. The van der Waals surface area contributed by atoms with Gasteiger partial charge in [-0.25, -0.2) is 4.79 Å². The summed E-state index contributed by atoms with van der Waals surface area (Å²) >= 11 is 0. The highest BCUT2D eigenvalue weighted by molar-refractivity contribution is 6.07. The van der Waals surface area contributed by atoms with Crippen molar-refractivity contribution in [1.82, 2.24) is 9.88 Å². The Bertz CT molecular complexity index is 1240. The summed E-state index contributed by atoms with van der Waals surface area (Å²) in [7, 11) is 0. The second-order valence-corrected chi connectivity index (χ2v) is 9.66. The van der Waals surface area contributed by atoms with E-state index in [1.807, 2.05) is 6.92 Å². The van der Waals surface area contributed by atoms with Crippen molar-refractivity contribution in [2.75, 3.05) is 13.1 Å². The Morgan fingerprint density at radius 2 is 1.91 bits per heavy atom. The van der Waals surface area contributed by atoms with E-state index >= 15 is 0 Å². The van der Waals surface area contributed by atoms with Gasteiger partial charge in [0.25, 0.3) is 0 Å². The molecule has 3 heterocycles. The standard InChI is InChI=1S/C28H30N2O5/c1-17-25(28(34)35-16-18-7-9-19(10-8-18)27(32)33)26-21(24(31)12-11-22(26)29-17)15-20-5-4-14-30-13-3-2-6-23(20)30/h7-12,23H,2-6,13-16H2,1H3,(H2-,29,31,32,33,34). The lowest BCUT2D eigenvalue weighted by atomic mass is 9.79. The molecule has 0 bridgehead atoms. The number of esters is 1. The molecule has 1 atom stereocenters. The smallest absolute Gasteiger partial charge is 0.340 e. The van der Waals surface area contributed by atoms with Crippen molar-refractivity contribution < 1.29 is 24.5 Å². The number of hydrogen-bond acceptors (Lipinski definition) is 6. The molecule has 1 unspecified atom stereocenters. The maximum absolute atomic E-state index is 13.2. The first-order chi connectivity index (χ1) is 16.9. The van der Waals surface area contributed by atoms with Crippen LogP contribution in [-0.2, 0) is 17.8 Å². The van der Waals surface area contributed by atoms with Gasteiger partial charge < -0.3 is 24.7 Å². The van der Waals surface area contributed by atoms with Crippen molar-refractivity contribution in [2.45, 2.75) is 58.1 Å². The number of carboxylic acids is 1. The van der Waals surface area contributed by atoms with Crippen molar-refractivity contribution in [1.29, 1.82) is 0 Å². The van der Waals surface area contributed by atoms with Gasteiger partial charge in [0, 0.05) is 48.1 Å². The number of ether oxygens (including phenoxy) is 1. The quantitative estimate of drug-likeness (QED) is 0.417. The third kappa shape index (κ3) is 4.60. The molecule has 0 radical (unpaired) electrons. The van der Waals surface area contributed by atoms with Crippen LogP contribution in [0.1, 0.15) is 69.6 Å². The summed E-state index contributed by atoms with van der Waals surface area (Å²) < 4.78 is 5.61. The summed E-state index contributed by atoms with van der Waals surface area (Å²) in [5, 5.41) is 22.6. The fraction of sp³-hybridized carbons (Fsp3) is 0.393. The second-order valence-electron chi connectivity index (χ2n) is 9.66. The number of carboxylic acid groups (broad SMARTS) is 1. The first-order valence-electron chi connectivity index (χ1n) is 12.3. The molecule has 2 aliphatic rings. The number of nitrogens with one attached hydrogen (secondary N) is 1. The Kier molecular flexibility index (Phi) is 6.43. The number of H-pyrrole nitrogens is 1. The van der Waals surface area contributed by atoms with Gasteiger partial charge in [0.05, 0.1) is 18.0 Å². The topological polar surface area (TPSA) is 106 Å². The zero-order valence-corrected chi connectivity index (χ0v) is 19.9. The van der Waals surface area contributed by atoms with Crippen LogP contribution < -0.4 is 5.11 Å². The fourth-order valence-corrected chi connectivity index (χ4v) is 5.70. The van der Waals surface area contributed by atoms with E-state index in [0.29, 0.717) is 29.3 Å². The summed E-state index contributed by atoms with van der Waals surface area (Å²) in [5.41, 5.74) is 3.46. The van der Waals surface area contributed by atoms with Crippen LogP contribution in [0.25, 0.3) is 10.9 Å². The molecule has 182 valence electrons. The second kappa shape index (κ2) is 9.66. The molecule has 2 aromatic carbocycles. The molecule has 0 spiro atoms. The fourth-order valence-electron chi connectivity index (χ4n) is 5.70. The third-order valence-corrected chi connectivity index (χ3v) is 7.43. The number of piperidine rings is 2. The summed E-state index contributed by atoms with van der Waals surface area (Å²) in [5.74, 6) is -0.0891. The average molecular weight is 475 g/mol. The molecule has 2 aliphatic heterocycles. The first kappa shape index (κ1) is 23.3. The first-order valence-corrected chi connectivity index (χ1v) is 12.3. The number of hydrogen-bond donors (Lipinski definition) is 2. The molecule has 2 N–H and O–H groups in total. The predicted octanol–water partition coefficient (Wildman–Crippen LogP) is 3.67. The van der Waals surface area contributed by atoms with E-state index < -0.39 is 11.9 Å². The van der Waals surface area contributed by atoms with Crippen LogP contribution in [0.15, 0.2) is 36.4 Å². The maximum atomic E-state index is 13.2. The highest BCUT2D eigenvalue weighted by Gasteiger charge is 2.42. The predicted molar refractivity (Wildman–Crippen MR) is 130 cm³/mol. The van der Waals surface area contributed by atoms with Gasteiger partial charge in [-0.15, -0.1) is 0 Å². The monoisotopic (exact) mass is 474 g/mol. The molecule has 0 aliphatic carbocycles. The number of aromatic amines is 1. The minimum atomic E-state index is -1.25. The lowest BCUT2D eigenvalue weighted by molar-refractivity contribution is -0.255. The molecule has 0 amide bonds. The minimum Gasteiger partial charge on any atom is -0.545 e. The van der Waals surface area contributed by atoms with Crippen molar-refractivity contribution in [3.05, 3.63) is 70.3 Å². The normalized spacial score (nSPS) is 18.4. The van der Waals surface area contributed by atoms with Crippen molar-refractivity contribution in [3.63, 3.8) is 0 Å².